The van der Waals surface area contributed by atoms with Crippen LogP contribution in [-0.2, 0) is 17.8 Å². The number of nitrogens with zero attached hydrogens (tertiary/aromatic N) is 1. The van der Waals surface area contributed by atoms with E-state index >= 15 is 0 Å². The Bertz CT molecular complexity index is 864. The van der Waals surface area contributed by atoms with Gasteiger partial charge in [-0.2, -0.15) is 0 Å². The largest absolute Gasteiger partial charge is 0.484 e. The van der Waals surface area contributed by atoms with Crippen molar-refractivity contribution in [2.45, 2.75) is 32.4 Å². The first-order valence-electron chi connectivity index (χ1n) is 9.46. The second-order valence-electron chi connectivity index (χ2n) is 7.72. The number of carbonyl (C=O) groups is 2. The van der Waals surface area contributed by atoms with Gasteiger partial charge in [0.05, 0.1) is 0 Å². The van der Waals surface area contributed by atoms with E-state index in [4.69, 9.17) is 10.5 Å². The molecule has 6 nitrogen and oxygen atoms in total. The molecule has 2 amide bonds. The Balaban J connectivity index is 1.59. The average molecular weight is 381 g/mol. The van der Waals surface area contributed by atoms with Crippen molar-refractivity contribution in [1.29, 1.82) is 0 Å². The van der Waals surface area contributed by atoms with E-state index in [9.17, 15) is 9.59 Å². The Kier molecular flexibility index (Phi) is 5.99. The zero-order valence-corrected chi connectivity index (χ0v) is 16.4. The first-order valence-corrected chi connectivity index (χ1v) is 9.46. The molecule has 0 spiro atoms. The van der Waals surface area contributed by atoms with Crippen molar-refractivity contribution in [3.05, 3.63) is 65.2 Å². The van der Waals surface area contributed by atoms with Gasteiger partial charge in [-0.1, -0.05) is 30.3 Å². The van der Waals surface area contributed by atoms with E-state index in [-0.39, 0.29) is 18.1 Å². The van der Waals surface area contributed by atoms with E-state index in [1.807, 2.05) is 0 Å². The summed E-state index contributed by atoms with van der Waals surface area (Å²) in [4.78, 5) is 25.8. The van der Waals surface area contributed by atoms with Crippen molar-refractivity contribution in [3.63, 3.8) is 0 Å². The monoisotopic (exact) mass is 381 g/mol. The number of nitrogens with two attached hydrogens (primary N) is 1. The summed E-state index contributed by atoms with van der Waals surface area (Å²) in [5.41, 5.74) is 8.16. The number of fused-ring (bicyclic) bond motifs is 1. The van der Waals surface area contributed by atoms with Crippen LogP contribution in [0.3, 0.4) is 0 Å². The standard InChI is InChI=1S/C22H27N3O3/c1-22(2,25-11-10-16-6-3-4-7-18(16)13-25)15-24-21(27)17-8-5-9-19(12-17)28-14-20(23)26/h3-9,12H,10-11,13-15H2,1-2H3,(H2,23,26)(H,24,27). The fourth-order valence-corrected chi connectivity index (χ4v) is 3.40. The number of hydrogen-bond acceptors (Lipinski definition) is 4. The number of amides is 2. The summed E-state index contributed by atoms with van der Waals surface area (Å²) in [6, 6.07) is 15.3. The van der Waals surface area contributed by atoms with E-state index in [0.717, 1.165) is 19.5 Å². The Morgan fingerprint density at radius 2 is 1.89 bits per heavy atom. The number of nitrogens with one attached hydrogen (secondary N) is 1. The van der Waals surface area contributed by atoms with E-state index in [1.165, 1.54) is 11.1 Å². The number of carbonyl (C=O) groups excluding carboxylic acids is 2. The van der Waals surface area contributed by atoms with E-state index < -0.39 is 5.91 Å². The minimum Gasteiger partial charge on any atom is -0.484 e. The molecular weight excluding hydrogens is 354 g/mol. The van der Waals surface area contributed by atoms with E-state index in [2.05, 4.69) is 48.3 Å². The van der Waals surface area contributed by atoms with Gasteiger partial charge in [0.2, 0.25) is 0 Å². The van der Waals surface area contributed by atoms with Gasteiger partial charge >= 0.3 is 0 Å². The SMILES string of the molecule is CC(C)(CNC(=O)c1cccc(OCC(N)=O)c1)N1CCc2ccccc2C1. The molecule has 0 radical (unpaired) electrons. The first kappa shape index (κ1) is 19.9. The van der Waals surface area contributed by atoms with Crippen LogP contribution in [0.15, 0.2) is 48.5 Å². The molecule has 2 aromatic rings. The highest BCUT2D eigenvalue weighted by Crippen LogP contribution is 2.25. The van der Waals surface area contributed by atoms with Gasteiger partial charge in [-0.3, -0.25) is 14.5 Å². The van der Waals surface area contributed by atoms with Gasteiger partial charge in [0.15, 0.2) is 6.61 Å². The Labute approximate surface area is 165 Å². The molecule has 0 unspecified atom stereocenters. The molecule has 0 fully saturated rings. The molecular formula is C22H27N3O3. The molecule has 0 atom stereocenters. The lowest BCUT2D eigenvalue weighted by molar-refractivity contribution is -0.119. The highest BCUT2D eigenvalue weighted by atomic mass is 16.5. The lowest BCUT2D eigenvalue weighted by Crippen LogP contribution is -2.53. The molecule has 0 aliphatic carbocycles. The lowest BCUT2D eigenvalue weighted by Gasteiger charge is -2.41. The van der Waals surface area contributed by atoms with Crippen molar-refractivity contribution >= 4 is 11.8 Å². The quantitative estimate of drug-likeness (QED) is 0.769. The van der Waals surface area contributed by atoms with Crippen molar-refractivity contribution in [2.24, 2.45) is 5.73 Å². The van der Waals surface area contributed by atoms with Gasteiger partial charge < -0.3 is 15.8 Å². The third-order valence-corrected chi connectivity index (χ3v) is 5.15. The van der Waals surface area contributed by atoms with Crippen molar-refractivity contribution in [2.75, 3.05) is 19.7 Å². The highest BCUT2D eigenvalue weighted by molar-refractivity contribution is 5.94. The predicted molar refractivity (Wildman–Crippen MR) is 108 cm³/mol. The molecule has 3 rings (SSSR count). The fourth-order valence-electron chi connectivity index (χ4n) is 3.40. The van der Waals surface area contributed by atoms with Gasteiger partial charge in [-0.25, -0.2) is 0 Å². The van der Waals surface area contributed by atoms with Crippen LogP contribution in [0.1, 0.15) is 35.3 Å². The normalized spacial score (nSPS) is 14.2. The zero-order chi connectivity index (χ0) is 20.1. The van der Waals surface area contributed by atoms with E-state index in [0.29, 0.717) is 17.9 Å². The number of ether oxygens (including phenoxy) is 1. The Hall–Kier alpha value is -2.86. The summed E-state index contributed by atoms with van der Waals surface area (Å²) in [7, 11) is 0. The second kappa shape index (κ2) is 8.44. The van der Waals surface area contributed by atoms with Gasteiger partial charge in [0.25, 0.3) is 11.8 Å². The van der Waals surface area contributed by atoms with Crippen LogP contribution in [0.5, 0.6) is 5.75 Å². The summed E-state index contributed by atoms with van der Waals surface area (Å²) in [6.45, 7) is 6.46. The Morgan fingerprint density at radius 1 is 1.14 bits per heavy atom. The van der Waals surface area contributed by atoms with Crippen molar-refractivity contribution in [3.8, 4) is 5.75 Å². The highest BCUT2D eigenvalue weighted by Gasteiger charge is 2.30. The van der Waals surface area contributed by atoms with Crippen LogP contribution in [0, 0.1) is 0 Å². The third-order valence-electron chi connectivity index (χ3n) is 5.15. The van der Waals surface area contributed by atoms with Crippen LogP contribution in [0.2, 0.25) is 0 Å². The Morgan fingerprint density at radius 3 is 2.64 bits per heavy atom. The molecule has 6 heteroatoms. The topological polar surface area (TPSA) is 84.7 Å². The predicted octanol–water partition coefficient (Wildman–Crippen LogP) is 2.12. The smallest absolute Gasteiger partial charge is 0.255 e. The molecule has 0 saturated carbocycles. The van der Waals surface area contributed by atoms with Gasteiger partial charge in [-0.05, 0) is 49.6 Å². The average Bonchev–Trinajstić information content (AvgIpc) is 2.70. The molecule has 1 aliphatic rings. The van der Waals surface area contributed by atoms with Gasteiger partial charge in [-0.15, -0.1) is 0 Å². The van der Waals surface area contributed by atoms with Crippen LogP contribution >= 0.6 is 0 Å². The van der Waals surface area contributed by atoms with Crippen molar-refractivity contribution < 1.29 is 14.3 Å². The minimum absolute atomic E-state index is 0.171. The molecule has 1 aliphatic heterocycles. The van der Waals surface area contributed by atoms with Crippen LogP contribution in [0.25, 0.3) is 0 Å². The fraction of sp³-hybridized carbons (Fsp3) is 0.364. The van der Waals surface area contributed by atoms with Gasteiger partial charge in [0.1, 0.15) is 5.75 Å². The summed E-state index contributed by atoms with van der Waals surface area (Å²) < 4.78 is 5.27. The summed E-state index contributed by atoms with van der Waals surface area (Å²) >= 11 is 0. The first-order chi connectivity index (χ1) is 13.3. The number of benzene rings is 2. The molecule has 0 saturated heterocycles. The minimum atomic E-state index is -0.556. The third kappa shape index (κ3) is 4.89. The molecule has 1 heterocycles. The lowest BCUT2D eigenvalue weighted by atomic mass is 9.94. The maximum absolute atomic E-state index is 12.6. The van der Waals surface area contributed by atoms with Crippen LogP contribution in [-0.4, -0.2) is 41.9 Å². The molecule has 28 heavy (non-hydrogen) atoms. The molecule has 0 aromatic heterocycles. The van der Waals surface area contributed by atoms with Crippen LogP contribution in [0.4, 0.5) is 0 Å². The zero-order valence-electron chi connectivity index (χ0n) is 16.4. The summed E-state index contributed by atoms with van der Waals surface area (Å²) in [5.74, 6) is -0.284. The maximum Gasteiger partial charge on any atom is 0.255 e. The van der Waals surface area contributed by atoms with Crippen molar-refractivity contribution in [1.82, 2.24) is 10.2 Å². The molecule has 3 N–H and O–H groups in total. The summed E-state index contributed by atoms with van der Waals surface area (Å²) in [5, 5.41) is 3.02. The van der Waals surface area contributed by atoms with Crippen LogP contribution < -0.4 is 15.8 Å². The second-order valence-corrected chi connectivity index (χ2v) is 7.72. The summed E-state index contributed by atoms with van der Waals surface area (Å²) in [6.07, 6.45) is 1.02. The number of hydrogen-bond donors (Lipinski definition) is 2. The number of rotatable bonds is 7. The molecule has 0 bridgehead atoms. The number of primary amides is 1. The molecule has 148 valence electrons. The van der Waals surface area contributed by atoms with E-state index in [1.54, 1.807) is 24.3 Å². The maximum atomic E-state index is 12.6. The molecule has 2 aromatic carbocycles. The van der Waals surface area contributed by atoms with Gasteiger partial charge in [0, 0.05) is 30.7 Å².